The van der Waals surface area contributed by atoms with Gasteiger partial charge in [-0.2, -0.15) is 0 Å². The largest absolute Gasteiger partial charge is 0.453 e. The molecule has 4 aromatic carbocycles. The number of nitrogens with one attached hydrogen (secondary N) is 4. The zero-order valence-electron chi connectivity index (χ0n) is 35.6. The minimum absolute atomic E-state index is 0.198. The van der Waals surface area contributed by atoms with Gasteiger partial charge in [0.05, 0.1) is 62.7 Å². The van der Waals surface area contributed by atoms with E-state index in [9.17, 15) is 28.0 Å². The van der Waals surface area contributed by atoms with Gasteiger partial charge in [0.1, 0.15) is 23.7 Å². The lowest BCUT2D eigenvalue weighted by molar-refractivity contribution is -0.139. The first-order chi connectivity index (χ1) is 30.9. The molecule has 2 aromatic heterocycles. The van der Waals surface area contributed by atoms with Crippen LogP contribution < -0.4 is 10.6 Å². The Labute approximate surface area is 367 Å². The standard InChI is InChI=1S/C47H48F2N8O7/c1-27(62-2)39(54-45(60)63-3)43(58)57-26-47(48,49)23-38(57)42-51-24-35(52-42)29-14-12-28(13-15-29)31-16-17-33-22-34(19-18-32(33)21-31)36-25-50-41(53-36)37-11-8-20-56(37)44(59)40(55-46(61)64-4)30-9-6-5-7-10-30/h5-7,9-10,12-19,21-22,24-25,27,37-40H,8,11,20,23,26H2,1-4H3,(H,50,53)(H,51,52)(H,54,60)(H,55,61)/t27-,37+,38+,39+,40-/m1/s1. The molecule has 5 atom stereocenters. The quantitative estimate of drug-likeness (QED) is 0.0957. The molecule has 6 aromatic rings. The van der Waals surface area contributed by atoms with Crippen molar-refractivity contribution in [2.24, 2.45) is 0 Å². The molecular formula is C47H48F2N8O7. The number of ether oxygens (including phenoxy) is 3. The number of carbonyl (C=O) groups is 4. The fraction of sp³-hybridized carbons (Fsp3) is 0.319. The SMILES string of the molecule is COC(=O)N[C@H](C(=O)N1CC(F)(F)C[C@H]1c1ncc(-c2ccc(-c3ccc4cc(-c5cnc([C@@H]6CCCN6C(=O)[C@H](NC(=O)OC)c6ccccc6)[nH]5)ccc4c3)cc2)[nH]1)[C@@H](C)OC. The topological polar surface area (TPSA) is 184 Å². The van der Waals surface area contributed by atoms with Crippen LogP contribution in [0.15, 0.2) is 103 Å². The molecule has 4 heterocycles. The third kappa shape index (κ3) is 9.02. The van der Waals surface area contributed by atoms with Gasteiger partial charge in [-0.05, 0) is 64.9 Å². The Balaban J connectivity index is 0.956. The molecule has 8 rings (SSSR count). The van der Waals surface area contributed by atoms with Crippen LogP contribution in [-0.4, -0.2) is 106 Å². The van der Waals surface area contributed by atoms with E-state index in [4.69, 9.17) is 14.5 Å². The number of aromatic amines is 2. The number of carbonyl (C=O) groups excluding carboxylic acids is 4. The monoisotopic (exact) mass is 874 g/mol. The molecule has 0 saturated carbocycles. The Morgan fingerprint density at radius 1 is 0.719 bits per heavy atom. The second-order valence-electron chi connectivity index (χ2n) is 16.0. The number of halogens is 2. The fourth-order valence-corrected chi connectivity index (χ4v) is 8.50. The lowest BCUT2D eigenvalue weighted by Crippen LogP contribution is -2.54. The normalized spacial score (nSPS) is 18.3. The van der Waals surface area contributed by atoms with Crippen molar-refractivity contribution < 1.29 is 42.2 Å². The lowest BCUT2D eigenvalue weighted by atomic mass is 9.98. The predicted molar refractivity (Wildman–Crippen MR) is 233 cm³/mol. The van der Waals surface area contributed by atoms with Crippen molar-refractivity contribution in [3.05, 3.63) is 121 Å². The number of nitrogens with zero attached hydrogens (tertiary/aromatic N) is 4. The van der Waals surface area contributed by atoms with Crippen molar-refractivity contribution in [1.29, 1.82) is 0 Å². The van der Waals surface area contributed by atoms with Crippen LogP contribution in [0.3, 0.4) is 0 Å². The lowest BCUT2D eigenvalue weighted by Gasteiger charge is -2.30. The van der Waals surface area contributed by atoms with Gasteiger partial charge in [0.15, 0.2) is 0 Å². The number of hydrogen-bond acceptors (Lipinski definition) is 9. The number of imidazole rings is 2. The third-order valence-electron chi connectivity index (χ3n) is 12.0. The molecular weight excluding hydrogens is 827 g/mol. The second kappa shape index (κ2) is 18.3. The number of benzene rings is 4. The summed E-state index contributed by atoms with van der Waals surface area (Å²) in [5.41, 5.74) is 5.72. The molecule has 2 saturated heterocycles. The highest BCUT2D eigenvalue weighted by Crippen LogP contribution is 2.41. The van der Waals surface area contributed by atoms with Gasteiger partial charge >= 0.3 is 12.2 Å². The summed E-state index contributed by atoms with van der Waals surface area (Å²) in [5.74, 6) is -3.28. The average molecular weight is 875 g/mol. The number of alkyl halides is 2. The molecule has 64 heavy (non-hydrogen) atoms. The second-order valence-corrected chi connectivity index (χ2v) is 16.0. The van der Waals surface area contributed by atoms with Crippen LogP contribution in [0.25, 0.3) is 44.4 Å². The van der Waals surface area contributed by atoms with Gasteiger partial charge < -0.3 is 44.6 Å². The van der Waals surface area contributed by atoms with Crippen molar-refractivity contribution >= 4 is 34.8 Å². The summed E-state index contributed by atoms with van der Waals surface area (Å²) in [4.78, 5) is 70.3. The molecule has 2 aliphatic heterocycles. The summed E-state index contributed by atoms with van der Waals surface area (Å²) >= 11 is 0. The van der Waals surface area contributed by atoms with Crippen LogP contribution in [0, 0.1) is 0 Å². The first kappa shape index (κ1) is 43.5. The Morgan fingerprint density at radius 2 is 1.30 bits per heavy atom. The third-order valence-corrected chi connectivity index (χ3v) is 12.0. The summed E-state index contributed by atoms with van der Waals surface area (Å²) in [6, 6.07) is 25.7. The average Bonchev–Trinajstić information content (AvgIpc) is 4.16. The number of H-pyrrole nitrogens is 2. The number of alkyl carbamates (subject to hydrolysis) is 2. The van der Waals surface area contributed by atoms with Crippen molar-refractivity contribution in [1.82, 2.24) is 40.4 Å². The van der Waals surface area contributed by atoms with E-state index < -0.39 is 61.2 Å². The van der Waals surface area contributed by atoms with Gasteiger partial charge in [-0.25, -0.2) is 28.3 Å². The molecule has 4 amide bonds. The van der Waals surface area contributed by atoms with Crippen molar-refractivity contribution in [3.63, 3.8) is 0 Å². The van der Waals surface area contributed by atoms with Crippen molar-refractivity contribution in [2.75, 3.05) is 34.4 Å². The summed E-state index contributed by atoms with van der Waals surface area (Å²) in [6.07, 6.45) is 1.81. The van der Waals surface area contributed by atoms with Crippen molar-refractivity contribution in [3.8, 4) is 33.6 Å². The molecule has 2 fully saturated rings. The van der Waals surface area contributed by atoms with E-state index in [0.29, 0.717) is 23.6 Å². The maximum Gasteiger partial charge on any atom is 0.407 e. The fourth-order valence-electron chi connectivity index (χ4n) is 8.50. The zero-order chi connectivity index (χ0) is 45.1. The van der Waals surface area contributed by atoms with Crippen LogP contribution in [0.2, 0.25) is 0 Å². The van der Waals surface area contributed by atoms with Crippen LogP contribution in [0.4, 0.5) is 18.4 Å². The molecule has 0 spiro atoms. The number of likely N-dealkylation sites (tertiary alicyclic amines) is 2. The van der Waals surface area contributed by atoms with Crippen LogP contribution in [0.1, 0.15) is 61.5 Å². The molecule has 4 N–H and O–H groups in total. The van der Waals surface area contributed by atoms with Gasteiger partial charge in [0.2, 0.25) is 5.91 Å². The highest BCUT2D eigenvalue weighted by atomic mass is 19.3. The maximum absolute atomic E-state index is 14.9. The van der Waals surface area contributed by atoms with Gasteiger partial charge in [0, 0.05) is 25.6 Å². The minimum atomic E-state index is -3.17. The van der Waals surface area contributed by atoms with Crippen LogP contribution in [-0.2, 0) is 23.8 Å². The molecule has 0 unspecified atom stereocenters. The van der Waals surface area contributed by atoms with Gasteiger partial charge in [0.25, 0.3) is 11.8 Å². The molecule has 0 bridgehead atoms. The van der Waals surface area contributed by atoms with E-state index in [1.54, 1.807) is 36.4 Å². The van der Waals surface area contributed by atoms with Gasteiger partial charge in [-0.15, -0.1) is 0 Å². The van der Waals surface area contributed by atoms with Crippen LogP contribution >= 0.6 is 0 Å². The minimum Gasteiger partial charge on any atom is -0.453 e. The Morgan fingerprint density at radius 3 is 1.95 bits per heavy atom. The first-order valence-corrected chi connectivity index (χ1v) is 20.9. The summed E-state index contributed by atoms with van der Waals surface area (Å²) in [6.45, 7) is 1.24. The molecule has 15 nitrogen and oxygen atoms in total. The van der Waals surface area contributed by atoms with E-state index in [1.807, 2.05) is 60.7 Å². The number of fused-ring (bicyclic) bond motifs is 1. The molecule has 0 radical (unpaired) electrons. The van der Waals surface area contributed by atoms with Gasteiger partial charge in [-0.3, -0.25) is 9.59 Å². The van der Waals surface area contributed by atoms with Crippen LogP contribution in [0.5, 0.6) is 0 Å². The van der Waals surface area contributed by atoms with E-state index in [2.05, 4.69) is 48.5 Å². The molecule has 2 aliphatic rings. The molecule has 17 heteroatoms. The first-order valence-electron chi connectivity index (χ1n) is 20.9. The van der Waals surface area contributed by atoms with E-state index in [1.165, 1.54) is 14.2 Å². The summed E-state index contributed by atoms with van der Waals surface area (Å²) < 4.78 is 44.5. The number of aromatic nitrogens is 4. The number of methoxy groups -OCH3 is 3. The molecule has 332 valence electrons. The van der Waals surface area contributed by atoms with Crippen molar-refractivity contribution in [2.45, 2.75) is 62.4 Å². The number of hydrogen-bond donors (Lipinski definition) is 4. The summed E-state index contributed by atoms with van der Waals surface area (Å²) in [5, 5.41) is 7.15. The summed E-state index contributed by atoms with van der Waals surface area (Å²) in [7, 11) is 3.77. The van der Waals surface area contributed by atoms with Gasteiger partial charge in [-0.1, -0.05) is 78.9 Å². The Bertz CT molecular complexity index is 2650. The van der Waals surface area contributed by atoms with E-state index in [0.717, 1.165) is 63.6 Å². The van der Waals surface area contributed by atoms with E-state index in [-0.39, 0.29) is 17.8 Å². The highest BCUT2D eigenvalue weighted by molar-refractivity contribution is 5.91. The number of rotatable bonds is 12. The maximum atomic E-state index is 14.9. The predicted octanol–water partition coefficient (Wildman–Crippen LogP) is 7.72. The van der Waals surface area contributed by atoms with E-state index >= 15 is 0 Å². The zero-order valence-corrected chi connectivity index (χ0v) is 35.6. The highest BCUT2D eigenvalue weighted by Gasteiger charge is 2.50. The Kier molecular flexibility index (Phi) is 12.4. The number of amides is 4. The Hall–Kier alpha value is -7.14. The smallest absolute Gasteiger partial charge is 0.407 e. The molecule has 0 aliphatic carbocycles.